The Labute approximate surface area is 166 Å². The topological polar surface area (TPSA) is 120 Å². The summed E-state index contributed by atoms with van der Waals surface area (Å²) in [5, 5.41) is 1.42. The fourth-order valence-corrected chi connectivity index (χ4v) is 4.84. The van der Waals surface area contributed by atoms with Crippen LogP contribution in [0.2, 0.25) is 0 Å². The van der Waals surface area contributed by atoms with Crippen LogP contribution in [0.5, 0.6) is 0 Å². The largest absolute Gasteiger partial charge is 0.495 e. The van der Waals surface area contributed by atoms with Gasteiger partial charge in [0.1, 0.15) is 10.7 Å². The SMILES string of the molecule is COC(=O)C1=C(OC)C(NC(=O)CC2C=CCC=C2)S[C@H]2N1C(=O)C2(N)OC. The highest BCUT2D eigenvalue weighted by atomic mass is 32.2. The van der Waals surface area contributed by atoms with Crippen molar-refractivity contribution < 1.29 is 28.6 Å². The van der Waals surface area contributed by atoms with Crippen LogP contribution < -0.4 is 11.1 Å². The zero-order valence-electron chi connectivity index (χ0n) is 15.8. The number of carbonyl (C=O) groups excluding carboxylic acids is 3. The fourth-order valence-electron chi connectivity index (χ4n) is 3.33. The molecule has 2 amide bonds. The second-order valence-electron chi connectivity index (χ2n) is 6.48. The molecule has 3 atom stereocenters. The van der Waals surface area contributed by atoms with Gasteiger partial charge in [-0.2, -0.15) is 0 Å². The van der Waals surface area contributed by atoms with Gasteiger partial charge in [-0.3, -0.25) is 20.2 Å². The zero-order chi connectivity index (χ0) is 20.5. The molecule has 28 heavy (non-hydrogen) atoms. The predicted molar refractivity (Wildman–Crippen MR) is 101 cm³/mol. The third kappa shape index (κ3) is 3.31. The monoisotopic (exact) mass is 409 g/mol. The lowest BCUT2D eigenvalue weighted by Crippen LogP contribution is -2.79. The summed E-state index contributed by atoms with van der Waals surface area (Å²) >= 11 is 1.17. The summed E-state index contributed by atoms with van der Waals surface area (Å²) < 4.78 is 15.4. The van der Waals surface area contributed by atoms with E-state index in [2.05, 4.69) is 5.32 Å². The fraction of sp³-hybridized carbons (Fsp3) is 0.500. The minimum atomic E-state index is -1.60. The molecule has 2 heterocycles. The van der Waals surface area contributed by atoms with E-state index in [-0.39, 0.29) is 29.7 Å². The Morgan fingerprint density at radius 2 is 2.00 bits per heavy atom. The van der Waals surface area contributed by atoms with Crippen molar-refractivity contribution in [2.24, 2.45) is 11.7 Å². The smallest absolute Gasteiger partial charge is 0.358 e. The highest BCUT2D eigenvalue weighted by Crippen LogP contribution is 2.48. The zero-order valence-corrected chi connectivity index (χ0v) is 16.7. The van der Waals surface area contributed by atoms with Gasteiger partial charge in [0.2, 0.25) is 11.6 Å². The molecule has 3 rings (SSSR count). The highest BCUT2D eigenvalue weighted by Gasteiger charge is 2.65. The van der Waals surface area contributed by atoms with E-state index in [1.165, 1.54) is 38.0 Å². The highest BCUT2D eigenvalue weighted by molar-refractivity contribution is 8.00. The van der Waals surface area contributed by atoms with Gasteiger partial charge >= 0.3 is 5.97 Å². The Kier molecular flexibility index (Phi) is 5.82. The van der Waals surface area contributed by atoms with Crippen molar-refractivity contribution in [1.29, 1.82) is 0 Å². The average molecular weight is 409 g/mol. The van der Waals surface area contributed by atoms with Gasteiger partial charge in [0.25, 0.3) is 5.91 Å². The number of nitrogens with one attached hydrogen (secondary N) is 1. The summed E-state index contributed by atoms with van der Waals surface area (Å²) in [6, 6.07) is 0. The van der Waals surface area contributed by atoms with Crippen LogP contribution in [0.15, 0.2) is 35.8 Å². The van der Waals surface area contributed by atoms with Crippen LogP contribution in [0.25, 0.3) is 0 Å². The quantitative estimate of drug-likeness (QED) is 0.276. The van der Waals surface area contributed by atoms with Crippen molar-refractivity contribution >= 4 is 29.5 Å². The number of methoxy groups -OCH3 is 3. The van der Waals surface area contributed by atoms with Gasteiger partial charge < -0.3 is 19.5 Å². The van der Waals surface area contributed by atoms with E-state index in [1.807, 2.05) is 24.3 Å². The number of hydrogen-bond donors (Lipinski definition) is 2. The van der Waals surface area contributed by atoms with E-state index >= 15 is 0 Å². The van der Waals surface area contributed by atoms with Crippen LogP contribution in [0.3, 0.4) is 0 Å². The molecular formula is C18H23N3O6S. The number of nitrogens with zero attached hydrogens (tertiary/aromatic N) is 1. The number of amides is 2. The number of β-lactam (4-membered cyclic amide) rings is 1. The number of carbonyl (C=O) groups is 3. The maximum Gasteiger partial charge on any atom is 0.358 e. The Hall–Kier alpha value is -2.30. The van der Waals surface area contributed by atoms with Crippen LogP contribution in [0, 0.1) is 5.92 Å². The summed E-state index contributed by atoms with van der Waals surface area (Å²) in [6.07, 6.45) is 9.06. The first kappa shape index (κ1) is 20.4. The first-order chi connectivity index (χ1) is 13.4. The molecule has 3 aliphatic rings. The molecule has 2 aliphatic heterocycles. The molecule has 152 valence electrons. The Bertz CT molecular complexity index is 767. The molecule has 3 N–H and O–H groups in total. The lowest BCUT2D eigenvalue weighted by molar-refractivity contribution is -0.183. The van der Waals surface area contributed by atoms with Crippen LogP contribution in [-0.4, -0.2) is 60.5 Å². The van der Waals surface area contributed by atoms with Gasteiger partial charge in [-0.15, -0.1) is 0 Å². The van der Waals surface area contributed by atoms with Gasteiger partial charge in [0.15, 0.2) is 11.5 Å². The number of ether oxygens (including phenoxy) is 3. The number of allylic oxidation sites excluding steroid dienone is 4. The minimum absolute atomic E-state index is 0.00625. The predicted octanol–water partition coefficient (Wildman–Crippen LogP) is 0.199. The van der Waals surface area contributed by atoms with E-state index in [0.29, 0.717) is 0 Å². The molecule has 0 radical (unpaired) electrons. The summed E-state index contributed by atoms with van der Waals surface area (Å²) in [6.45, 7) is 0. The molecular weight excluding hydrogens is 386 g/mol. The second kappa shape index (κ2) is 7.98. The van der Waals surface area contributed by atoms with Crippen LogP contribution in [0.4, 0.5) is 0 Å². The molecule has 0 bridgehead atoms. The molecule has 1 saturated heterocycles. The molecule has 0 aromatic heterocycles. The molecule has 1 fully saturated rings. The minimum Gasteiger partial charge on any atom is -0.495 e. The van der Waals surface area contributed by atoms with Gasteiger partial charge in [-0.1, -0.05) is 36.1 Å². The van der Waals surface area contributed by atoms with Crippen molar-refractivity contribution in [3.05, 3.63) is 35.8 Å². The summed E-state index contributed by atoms with van der Waals surface area (Å²) in [5.74, 6) is -1.43. The maximum absolute atomic E-state index is 12.6. The van der Waals surface area contributed by atoms with Gasteiger partial charge in [-0.05, 0) is 6.42 Å². The van der Waals surface area contributed by atoms with E-state index < -0.39 is 28.3 Å². The van der Waals surface area contributed by atoms with Crippen LogP contribution in [-0.2, 0) is 28.6 Å². The van der Waals surface area contributed by atoms with Crippen molar-refractivity contribution in [3.63, 3.8) is 0 Å². The number of fused-ring (bicyclic) bond motifs is 1. The summed E-state index contributed by atoms with van der Waals surface area (Å²) in [7, 11) is 3.88. The lowest BCUT2D eigenvalue weighted by atomic mass is 9.99. The van der Waals surface area contributed by atoms with E-state index in [1.54, 1.807) is 0 Å². The molecule has 10 heteroatoms. The Morgan fingerprint density at radius 1 is 1.32 bits per heavy atom. The van der Waals surface area contributed by atoms with Crippen molar-refractivity contribution in [2.45, 2.75) is 29.3 Å². The third-order valence-corrected chi connectivity index (χ3v) is 6.24. The molecule has 0 aromatic carbocycles. The third-order valence-electron chi connectivity index (χ3n) is 4.82. The molecule has 0 saturated carbocycles. The van der Waals surface area contributed by atoms with E-state index in [9.17, 15) is 14.4 Å². The van der Waals surface area contributed by atoms with E-state index in [4.69, 9.17) is 19.9 Å². The summed E-state index contributed by atoms with van der Waals surface area (Å²) in [5.41, 5.74) is 4.37. The number of esters is 1. The molecule has 1 aliphatic carbocycles. The summed E-state index contributed by atoms with van der Waals surface area (Å²) in [4.78, 5) is 38.6. The standard InChI is InChI=1S/C18H23N3O6S/c1-25-13-12(15(23)26-2)21-16(24)18(19,27-3)17(21)28-14(13)20-11(22)9-10-7-5-4-6-8-10/h5-8,10,14,17H,4,9,19H2,1-3H3,(H,20,22)/t14?,17-,18?/m1/s1. The lowest BCUT2D eigenvalue weighted by Gasteiger charge is -2.55. The number of nitrogens with two attached hydrogens (primary N) is 1. The Balaban J connectivity index is 1.86. The molecule has 0 aromatic rings. The first-order valence-corrected chi connectivity index (χ1v) is 9.64. The van der Waals surface area contributed by atoms with Crippen molar-refractivity contribution in [1.82, 2.24) is 10.2 Å². The molecule has 2 unspecified atom stereocenters. The van der Waals surface area contributed by atoms with Crippen LogP contribution in [0.1, 0.15) is 12.8 Å². The van der Waals surface area contributed by atoms with Crippen molar-refractivity contribution in [2.75, 3.05) is 21.3 Å². The number of rotatable bonds is 6. The van der Waals surface area contributed by atoms with Gasteiger partial charge in [0, 0.05) is 19.4 Å². The molecule has 9 nitrogen and oxygen atoms in total. The van der Waals surface area contributed by atoms with Crippen LogP contribution >= 0.6 is 11.8 Å². The van der Waals surface area contributed by atoms with Gasteiger partial charge in [-0.25, -0.2) is 4.79 Å². The maximum atomic E-state index is 12.6. The normalized spacial score (nSPS) is 29.3. The Morgan fingerprint density at radius 3 is 2.57 bits per heavy atom. The number of thioether (sulfide) groups is 1. The van der Waals surface area contributed by atoms with Gasteiger partial charge in [0.05, 0.1) is 14.2 Å². The molecule has 0 spiro atoms. The van der Waals surface area contributed by atoms with E-state index in [0.717, 1.165) is 6.42 Å². The average Bonchev–Trinajstić information content (AvgIpc) is 2.71. The van der Waals surface area contributed by atoms with Crippen molar-refractivity contribution in [3.8, 4) is 0 Å². The second-order valence-corrected chi connectivity index (χ2v) is 7.67. The number of hydrogen-bond acceptors (Lipinski definition) is 8. The first-order valence-electron chi connectivity index (χ1n) is 8.69.